The summed E-state index contributed by atoms with van der Waals surface area (Å²) < 4.78 is 1.71. The minimum absolute atomic E-state index is 0.162. The molecule has 1 heterocycles. The molecule has 1 rings (SSSR count). The zero-order valence-corrected chi connectivity index (χ0v) is 11.1. The van der Waals surface area contributed by atoms with E-state index in [1.807, 2.05) is 20.9 Å². The zero-order valence-electron chi connectivity index (χ0n) is 11.1. The summed E-state index contributed by atoms with van der Waals surface area (Å²) in [6.07, 6.45) is 0.529. The van der Waals surface area contributed by atoms with Crippen LogP contribution < -0.4 is 5.32 Å². The molecule has 18 heavy (non-hydrogen) atoms. The average Bonchev–Trinajstić information content (AvgIpc) is 2.52. The molecule has 0 aliphatic rings. The van der Waals surface area contributed by atoms with Crippen molar-refractivity contribution in [3.63, 3.8) is 0 Å². The van der Waals surface area contributed by atoms with Crippen LogP contribution in [0.2, 0.25) is 0 Å². The number of carbonyl (C=O) groups is 2. The second kappa shape index (κ2) is 5.66. The Hall–Kier alpha value is -1.85. The molecule has 1 aromatic heterocycles. The molecule has 0 aliphatic heterocycles. The van der Waals surface area contributed by atoms with E-state index in [0.29, 0.717) is 6.42 Å². The van der Waals surface area contributed by atoms with Crippen LogP contribution in [0, 0.1) is 13.8 Å². The van der Waals surface area contributed by atoms with Crippen LogP contribution in [0.15, 0.2) is 0 Å². The van der Waals surface area contributed by atoms with Crippen molar-refractivity contribution in [1.29, 1.82) is 0 Å². The summed E-state index contributed by atoms with van der Waals surface area (Å²) in [5.74, 6) is -1.30. The number of amides is 1. The van der Waals surface area contributed by atoms with Crippen molar-refractivity contribution in [2.24, 2.45) is 7.05 Å². The topological polar surface area (TPSA) is 84.2 Å². The number of aromatic nitrogens is 2. The van der Waals surface area contributed by atoms with Gasteiger partial charge in [-0.25, -0.2) is 4.79 Å². The average molecular weight is 253 g/mol. The summed E-state index contributed by atoms with van der Waals surface area (Å²) in [4.78, 5) is 22.6. The molecule has 6 heteroatoms. The summed E-state index contributed by atoms with van der Waals surface area (Å²) in [5.41, 5.74) is 2.58. The van der Waals surface area contributed by atoms with Crippen LogP contribution in [0.1, 0.15) is 30.3 Å². The maximum Gasteiger partial charge on any atom is 0.326 e. The molecule has 0 spiro atoms. The molecule has 1 amide bonds. The first-order valence-corrected chi connectivity index (χ1v) is 5.88. The van der Waals surface area contributed by atoms with Gasteiger partial charge < -0.3 is 10.4 Å². The van der Waals surface area contributed by atoms with Gasteiger partial charge in [0.2, 0.25) is 5.91 Å². The first kappa shape index (κ1) is 14.2. The van der Waals surface area contributed by atoms with Gasteiger partial charge in [-0.2, -0.15) is 5.10 Å². The monoisotopic (exact) mass is 253 g/mol. The standard InChI is InChI=1S/C12H19N3O3/c1-5-10(12(17)18)13-11(16)6-9-7(2)14-15(4)8(9)3/h10H,5-6H2,1-4H3,(H,13,16)(H,17,18)/t10-/m1/s1. The van der Waals surface area contributed by atoms with Gasteiger partial charge in [-0.1, -0.05) is 6.92 Å². The molecule has 0 saturated carbocycles. The van der Waals surface area contributed by atoms with Gasteiger partial charge in [-0.05, 0) is 20.3 Å². The molecule has 1 atom stereocenters. The summed E-state index contributed by atoms with van der Waals surface area (Å²) in [6, 6.07) is -0.824. The number of nitrogens with zero attached hydrogens (tertiary/aromatic N) is 2. The lowest BCUT2D eigenvalue weighted by Crippen LogP contribution is -2.41. The van der Waals surface area contributed by atoms with Crippen LogP contribution in [0.3, 0.4) is 0 Å². The number of carbonyl (C=O) groups excluding carboxylic acids is 1. The van der Waals surface area contributed by atoms with Crippen molar-refractivity contribution in [1.82, 2.24) is 15.1 Å². The summed E-state index contributed by atoms with van der Waals surface area (Å²) >= 11 is 0. The van der Waals surface area contributed by atoms with E-state index in [0.717, 1.165) is 17.0 Å². The van der Waals surface area contributed by atoms with Gasteiger partial charge in [0.05, 0.1) is 12.1 Å². The number of aliphatic carboxylic acids is 1. The minimum Gasteiger partial charge on any atom is -0.480 e. The summed E-state index contributed by atoms with van der Waals surface area (Å²) in [7, 11) is 1.82. The zero-order chi connectivity index (χ0) is 13.9. The van der Waals surface area contributed by atoms with Gasteiger partial charge in [0.25, 0.3) is 0 Å². The number of hydrogen-bond donors (Lipinski definition) is 2. The Balaban J connectivity index is 2.73. The van der Waals surface area contributed by atoms with Crippen LogP contribution in [0.5, 0.6) is 0 Å². The number of rotatable bonds is 5. The number of aryl methyl sites for hydroxylation is 2. The molecular formula is C12H19N3O3. The third-order valence-corrected chi connectivity index (χ3v) is 3.04. The number of carboxylic acids is 1. The molecule has 0 bridgehead atoms. The molecule has 0 radical (unpaired) electrons. The molecule has 0 aromatic carbocycles. The molecule has 0 aliphatic carbocycles. The Morgan fingerprint density at radius 2 is 2.06 bits per heavy atom. The Bertz CT molecular complexity index is 465. The largest absolute Gasteiger partial charge is 0.480 e. The van der Waals surface area contributed by atoms with E-state index in [1.165, 1.54) is 0 Å². The molecule has 0 saturated heterocycles. The SMILES string of the molecule is CC[C@@H](NC(=O)Cc1c(C)nn(C)c1C)C(=O)O. The Labute approximate surface area is 106 Å². The van der Waals surface area contributed by atoms with Gasteiger partial charge in [-0.15, -0.1) is 0 Å². The van der Waals surface area contributed by atoms with E-state index in [2.05, 4.69) is 10.4 Å². The van der Waals surface area contributed by atoms with Crippen molar-refractivity contribution in [3.8, 4) is 0 Å². The highest BCUT2D eigenvalue weighted by molar-refractivity contribution is 5.85. The van der Waals surface area contributed by atoms with E-state index in [-0.39, 0.29) is 12.3 Å². The van der Waals surface area contributed by atoms with Gasteiger partial charge in [0.1, 0.15) is 6.04 Å². The predicted octanol–water partition coefficient (Wildman–Crippen LogP) is 0.559. The van der Waals surface area contributed by atoms with E-state index in [4.69, 9.17) is 5.11 Å². The highest BCUT2D eigenvalue weighted by atomic mass is 16.4. The fourth-order valence-electron chi connectivity index (χ4n) is 1.82. The maximum atomic E-state index is 11.8. The number of nitrogens with one attached hydrogen (secondary N) is 1. The molecule has 6 nitrogen and oxygen atoms in total. The third kappa shape index (κ3) is 3.09. The molecule has 100 valence electrons. The fourth-order valence-corrected chi connectivity index (χ4v) is 1.82. The molecule has 0 fully saturated rings. The van der Waals surface area contributed by atoms with Gasteiger partial charge in [0, 0.05) is 18.3 Å². The normalized spacial score (nSPS) is 12.2. The van der Waals surface area contributed by atoms with Crippen LogP contribution in [-0.4, -0.2) is 32.8 Å². The molecule has 0 unspecified atom stereocenters. The highest BCUT2D eigenvalue weighted by Crippen LogP contribution is 2.12. The Morgan fingerprint density at radius 1 is 1.44 bits per heavy atom. The summed E-state index contributed by atoms with van der Waals surface area (Å²) in [6.45, 7) is 5.45. The fraction of sp³-hybridized carbons (Fsp3) is 0.583. The highest BCUT2D eigenvalue weighted by Gasteiger charge is 2.19. The number of carboxylic acid groups (broad SMARTS) is 1. The molecule has 2 N–H and O–H groups in total. The van der Waals surface area contributed by atoms with Crippen LogP contribution in [0.4, 0.5) is 0 Å². The van der Waals surface area contributed by atoms with E-state index in [9.17, 15) is 9.59 Å². The van der Waals surface area contributed by atoms with Crippen molar-refractivity contribution in [2.45, 2.75) is 39.7 Å². The summed E-state index contributed by atoms with van der Waals surface area (Å²) in [5, 5.41) is 15.6. The predicted molar refractivity (Wildman–Crippen MR) is 66.2 cm³/mol. The van der Waals surface area contributed by atoms with Crippen molar-refractivity contribution in [3.05, 3.63) is 17.0 Å². The van der Waals surface area contributed by atoms with Crippen LogP contribution in [-0.2, 0) is 23.1 Å². The quantitative estimate of drug-likeness (QED) is 0.803. The van der Waals surface area contributed by atoms with Crippen molar-refractivity contribution < 1.29 is 14.7 Å². The van der Waals surface area contributed by atoms with Crippen molar-refractivity contribution in [2.75, 3.05) is 0 Å². The van der Waals surface area contributed by atoms with Gasteiger partial charge >= 0.3 is 5.97 Å². The third-order valence-electron chi connectivity index (χ3n) is 3.04. The smallest absolute Gasteiger partial charge is 0.326 e. The first-order chi connectivity index (χ1) is 8.36. The number of hydrogen-bond acceptors (Lipinski definition) is 3. The lowest BCUT2D eigenvalue weighted by Gasteiger charge is -2.12. The van der Waals surface area contributed by atoms with E-state index < -0.39 is 12.0 Å². The second-order valence-electron chi connectivity index (χ2n) is 4.32. The molecular weight excluding hydrogens is 234 g/mol. The Morgan fingerprint density at radius 3 is 2.44 bits per heavy atom. The maximum absolute atomic E-state index is 11.8. The lowest BCUT2D eigenvalue weighted by molar-refractivity contribution is -0.141. The second-order valence-corrected chi connectivity index (χ2v) is 4.32. The van der Waals surface area contributed by atoms with E-state index >= 15 is 0 Å². The van der Waals surface area contributed by atoms with Gasteiger partial charge in [-0.3, -0.25) is 9.48 Å². The lowest BCUT2D eigenvalue weighted by atomic mass is 10.1. The van der Waals surface area contributed by atoms with Crippen LogP contribution >= 0.6 is 0 Å². The first-order valence-electron chi connectivity index (χ1n) is 5.88. The van der Waals surface area contributed by atoms with E-state index in [1.54, 1.807) is 11.6 Å². The van der Waals surface area contributed by atoms with Crippen LogP contribution in [0.25, 0.3) is 0 Å². The minimum atomic E-state index is -1.01. The Kier molecular flexibility index (Phi) is 4.47. The van der Waals surface area contributed by atoms with Gasteiger partial charge in [0.15, 0.2) is 0 Å². The van der Waals surface area contributed by atoms with Crippen molar-refractivity contribution >= 4 is 11.9 Å². The molecule has 1 aromatic rings.